The molecule has 106 valence electrons. The Hall–Kier alpha value is -0.860. The molecule has 0 saturated heterocycles. The van der Waals surface area contributed by atoms with Crippen LogP contribution in [0.4, 0.5) is 0 Å². The number of ether oxygens (including phenoxy) is 1. The van der Waals surface area contributed by atoms with Gasteiger partial charge in [-0.25, -0.2) is 0 Å². The van der Waals surface area contributed by atoms with Crippen molar-refractivity contribution in [1.29, 1.82) is 0 Å². The molecule has 0 aliphatic heterocycles. The summed E-state index contributed by atoms with van der Waals surface area (Å²) in [5.74, 6) is 1.17. The summed E-state index contributed by atoms with van der Waals surface area (Å²) in [6.45, 7) is 7.22. The lowest BCUT2D eigenvalue weighted by atomic mass is 9.78. The van der Waals surface area contributed by atoms with Crippen LogP contribution in [0.2, 0.25) is 0 Å². The van der Waals surface area contributed by atoms with Crippen LogP contribution in [0.5, 0.6) is 0 Å². The molecule has 1 fully saturated rings. The molecule has 0 radical (unpaired) electrons. The average molecular weight is 262 g/mol. The van der Waals surface area contributed by atoms with E-state index in [1.807, 2.05) is 6.92 Å². The molecule has 1 atom stereocenters. The van der Waals surface area contributed by atoms with Crippen molar-refractivity contribution in [3.63, 3.8) is 0 Å². The molecule has 0 aromatic heterocycles. The topological polar surface area (TPSA) is 29.5 Å². The van der Waals surface area contributed by atoms with Crippen molar-refractivity contribution in [2.45, 2.75) is 58.2 Å². The number of benzene rings is 1. The largest absolute Gasteiger partial charge is 0.388 e. The Morgan fingerprint density at radius 1 is 1.16 bits per heavy atom. The fourth-order valence-corrected chi connectivity index (χ4v) is 2.79. The fraction of sp³-hybridized carbons (Fsp3) is 0.647. The number of hydrogen-bond acceptors (Lipinski definition) is 2. The molecule has 0 amide bonds. The van der Waals surface area contributed by atoms with Crippen molar-refractivity contribution >= 4 is 0 Å². The first-order chi connectivity index (χ1) is 9.10. The number of hydrogen-bond donors (Lipinski definition) is 1. The number of aliphatic hydroxyl groups is 1. The Kier molecular flexibility index (Phi) is 5.00. The van der Waals surface area contributed by atoms with Crippen LogP contribution in [0.3, 0.4) is 0 Å². The predicted octanol–water partition coefficient (Wildman–Crippen LogP) is 4.05. The molecular weight excluding hydrogens is 236 g/mol. The van der Waals surface area contributed by atoms with Crippen molar-refractivity contribution in [2.75, 3.05) is 6.61 Å². The van der Waals surface area contributed by atoms with Crippen LogP contribution >= 0.6 is 0 Å². The lowest BCUT2D eigenvalue weighted by Crippen LogP contribution is -2.32. The van der Waals surface area contributed by atoms with Crippen LogP contribution in [0.1, 0.15) is 63.2 Å². The second-order valence-electron chi connectivity index (χ2n) is 5.99. The Labute approximate surface area is 116 Å². The molecular formula is C17H26O2. The first-order valence-electron chi connectivity index (χ1n) is 7.49. The summed E-state index contributed by atoms with van der Waals surface area (Å²) in [6, 6.07) is 8.40. The Bertz CT molecular complexity index is 377. The molecule has 0 heterocycles. The van der Waals surface area contributed by atoms with Gasteiger partial charge in [0.05, 0.1) is 12.2 Å². The van der Waals surface area contributed by atoms with Crippen LogP contribution in [0.15, 0.2) is 24.3 Å². The zero-order chi connectivity index (χ0) is 13.8. The smallest absolute Gasteiger partial charge is 0.0792 e. The first kappa shape index (κ1) is 14.5. The SMILES string of the molecule is CCOC1CC(CC(O)c2ccc(C(C)C)cc2)C1. The second-order valence-corrected chi connectivity index (χ2v) is 5.99. The highest BCUT2D eigenvalue weighted by Crippen LogP contribution is 2.37. The highest BCUT2D eigenvalue weighted by molar-refractivity contribution is 5.26. The van der Waals surface area contributed by atoms with Gasteiger partial charge in [0, 0.05) is 6.61 Å². The van der Waals surface area contributed by atoms with Gasteiger partial charge in [0.2, 0.25) is 0 Å². The van der Waals surface area contributed by atoms with E-state index in [9.17, 15) is 5.11 Å². The molecule has 2 rings (SSSR count). The lowest BCUT2D eigenvalue weighted by Gasteiger charge is -2.36. The van der Waals surface area contributed by atoms with Crippen LogP contribution < -0.4 is 0 Å². The van der Waals surface area contributed by atoms with Gasteiger partial charge in [-0.05, 0) is 49.1 Å². The molecule has 1 unspecified atom stereocenters. The van der Waals surface area contributed by atoms with Gasteiger partial charge < -0.3 is 9.84 Å². The third-order valence-corrected chi connectivity index (χ3v) is 4.14. The number of rotatable bonds is 6. The van der Waals surface area contributed by atoms with E-state index in [0.29, 0.717) is 17.9 Å². The maximum absolute atomic E-state index is 10.3. The molecule has 2 heteroatoms. The summed E-state index contributed by atoms with van der Waals surface area (Å²) >= 11 is 0. The van der Waals surface area contributed by atoms with E-state index < -0.39 is 0 Å². The van der Waals surface area contributed by atoms with Crippen LogP contribution in [-0.4, -0.2) is 17.8 Å². The van der Waals surface area contributed by atoms with E-state index >= 15 is 0 Å². The van der Waals surface area contributed by atoms with E-state index in [1.165, 1.54) is 5.56 Å². The quantitative estimate of drug-likeness (QED) is 0.838. The van der Waals surface area contributed by atoms with Gasteiger partial charge in [-0.1, -0.05) is 38.1 Å². The van der Waals surface area contributed by atoms with Gasteiger partial charge in [0.25, 0.3) is 0 Å². The van der Waals surface area contributed by atoms with Gasteiger partial charge in [-0.15, -0.1) is 0 Å². The third-order valence-electron chi connectivity index (χ3n) is 4.14. The van der Waals surface area contributed by atoms with E-state index in [-0.39, 0.29) is 6.10 Å². The molecule has 1 aromatic rings. The lowest BCUT2D eigenvalue weighted by molar-refractivity contribution is -0.0380. The van der Waals surface area contributed by atoms with Crippen molar-refractivity contribution in [2.24, 2.45) is 5.92 Å². The molecule has 1 saturated carbocycles. The maximum atomic E-state index is 10.3. The normalized spacial score (nSPS) is 24.3. The van der Waals surface area contributed by atoms with Crippen molar-refractivity contribution < 1.29 is 9.84 Å². The summed E-state index contributed by atoms with van der Waals surface area (Å²) in [5.41, 5.74) is 2.38. The van der Waals surface area contributed by atoms with E-state index in [4.69, 9.17) is 4.74 Å². The van der Waals surface area contributed by atoms with Crippen molar-refractivity contribution in [3.8, 4) is 0 Å². The van der Waals surface area contributed by atoms with Crippen LogP contribution in [0, 0.1) is 5.92 Å². The van der Waals surface area contributed by atoms with Crippen LogP contribution in [0.25, 0.3) is 0 Å². The van der Waals surface area contributed by atoms with Gasteiger partial charge >= 0.3 is 0 Å². The molecule has 1 aliphatic rings. The Morgan fingerprint density at radius 3 is 2.26 bits per heavy atom. The number of aliphatic hydroxyl groups excluding tert-OH is 1. The Balaban J connectivity index is 1.82. The zero-order valence-corrected chi connectivity index (χ0v) is 12.3. The maximum Gasteiger partial charge on any atom is 0.0792 e. The van der Waals surface area contributed by atoms with E-state index in [2.05, 4.69) is 38.1 Å². The zero-order valence-electron chi connectivity index (χ0n) is 12.3. The van der Waals surface area contributed by atoms with Crippen molar-refractivity contribution in [3.05, 3.63) is 35.4 Å². The molecule has 1 N–H and O–H groups in total. The van der Waals surface area contributed by atoms with Gasteiger partial charge in [-0.2, -0.15) is 0 Å². The fourth-order valence-electron chi connectivity index (χ4n) is 2.79. The monoisotopic (exact) mass is 262 g/mol. The predicted molar refractivity (Wildman–Crippen MR) is 78.2 cm³/mol. The third kappa shape index (κ3) is 3.80. The average Bonchev–Trinajstić information content (AvgIpc) is 2.36. The standard InChI is InChI=1S/C17H26O2/c1-4-19-16-9-13(10-16)11-17(18)15-7-5-14(6-8-15)12(2)3/h5-8,12-13,16-18H,4,9-11H2,1-3H3. The van der Waals surface area contributed by atoms with Crippen molar-refractivity contribution in [1.82, 2.24) is 0 Å². The van der Waals surface area contributed by atoms with Gasteiger partial charge in [0.1, 0.15) is 0 Å². The summed E-state index contributed by atoms with van der Waals surface area (Å²) < 4.78 is 5.56. The minimum absolute atomic E-state index is 0.325. The molecule has 2 nitrogen and oxygen atoms in total. The molecule has 0 spiro atoms. The van der Waals surface area contributed by atoms with E-state index in [0.717, 1.165) is 31.4 Å². The highest BCUT2D eigenvalue weighted by atomic mass is 16.5. The second kappa shape index (κ2) is 6.53. The molecule has 1 aromatic carbocycles. The van der Waals surface area contributed by atoms with Crippen LogP contribution in [-0.2, 0) is 4.74 Å². The molecule has 19 heavy (non-hydrogen) atoms. The minimum Gasteiger partial charge on any atom is -0.388 e. The summed E-state index contributed by atoms with van der Waals surface area (Å²) in [7, 11) is 0. The molecule has 0 bridgehead atoms. The van der Waals surface area contributed by atoms with E-state index in [1.54, 1.807) is 0 Å². The minimum atomic E-state index is -0.325. The summed E-state index contributed by atoms with van der Waals surface area (Å²) in [5, 5.41) is 10.3. The highest BCUT2D eigenvalue weighted by Gasteiger charge is 2.31. The Morgan fingerprint density at radius 2 is 1.74 bits per heavy atom. The molecule has 1 aliphatic carbocycles. The summed E-state index contributed by atoms with van der Waals surface area (Å²) in [4.78, 5) is 0. The first-order valence-corrected chi connectivity index (χ1v) is 7.49. The van der Waals surface area contributed by atoms with Gasteiger partial charge in [-0.3, -0.25) is 0 Å². The van der Waals surface area contributed by atoms with Gasteiger partial charge in [0.15, 0.2) is 0 Å². The summed E-state index contributed by atoms with van der Waals surface area (Å²) in [6.07, 6.45) is 3.19.